The van der Waals surface area contributed by atoms with Gasteiger partial charge in [0.2, 0.25) is 0 Å². The molecule has 0 heterocycles. The van der Waals surface area contributed by atoms with Crippen molar-refractivity contribution in [2.45, 2.75) is 38.0 Å². The van der Waals surface area contributed by atoms with Gasteiger partial charge in [0.1, 0.15) is 0 Å². The zero-order valence-corrected chi connectivity index (χ0v) is 11.7. The highest BCUT2D eigenvalue weighted by atomic mass is 14.4. The topological polar surface area (TPSA) is 0 Å². The fraction of sp³-hybridized carbons (Fsp3) is 0.368. The van der Waals surface area contributed by atoms with Crippen LogP contribution in [-0.4, -0.2) is 0 Å². The third-order valence-electron chi connectivity index (χ3n) is 4.88. The summed E-state index contributed by atoms with van der Waals surface area (Å²) in [7, 11) is 0. The Labute approximate surface area is 116 Å². The maximum atomic E-state index is 2.43. The lowest BCUT2D eigenvalue weighted by Crippen LogP contribution is -2.37. The molecule has 0 saturated heterocycles. The highest BCUT2D eigenvalue weighted by Gasteiger charge is 2.40. The van der Waals surface area contributed by atoms with Crippen molar-refractivity contribution in [3.8, 4) is 0 Å². The molecule has 1 saturated carbocycles. The molecule has 0 N–H and O–H groups in total. The number of hydrogen-bond acceptors (Lipinski definition) is 0. The Morgan fingerprint density at radius 3 is 1.79 bits per heavy atom. The second kappa shape index (κ2) is 5.21. The van der Waals surface area contributed by atoms with Crippen LogP contribution in [0.5, 0.6) is 0 Å². The molecule has 1 unspecified atom stereocenters. The van der Waals surface area contributed by atoms with E-state index in [1.807, 2.05) is 0 Å². The zero-order valence-electron chi connectivity index (χ0n) is 11.7. The van der Waals surface area contributed by atoms with E-state index >= 15 is 0 Å². The van der Waals surface area contributed by atoms with Crippen LogP contribution in [0.3, 0.4) is 0 Å². The summed E-state index contributed by atoms with van der Waals surface area (Å²) in [5, 5.41) is 0. The van der Waals surface area contributed by atoms with Crippen LogP contribution in [0.15, 0.2) is 60.7 Å². The summed E-state index contributed by atoms with van der Waals surface area (Å²) < 4.78 is 0. The van der Waals surface area contributed by atoms with Crippen LogP contribution in [0.4, 0.5) is 0 Å². The molecule has 0 amide bonds. The van der Waals surface area contributed by atoms with Crippen LogP contribution < -0.4 is 0 Å². The van der Waals surface area contributed by atoms with Gasteiger partial charge in [-0.2, -0.15) is 0 Å². The molecule has 98 valence electrons. The van der Waals surface area contributed by atoms with Gasteiger partial charge in [-0.1, -0.05) is 80.4 Å². The maximum Gasteiger partial charge on any atom is 0.0228 e. The fourth-order valence-corrected chi connectivity index (χ4v) is 3.84. The molecule has 1 atom stereocenters. The van der Waals surface area contributed by atoms with Crippen molar-refractivity contribution in [2.24, 2.45) is 5.92 Å². The SMILES string of the molecule is CC1CCCCC1(c1ccccc1)c1ccccc1. The summed E-state index contributed by atoms with van der Waals surface area (Å²) in [6.07, 6.45) is 5.34. The first kappa shape index (κ1) is 12.5. The van der Waals surface area contributed by atoms with Gasteiger partial charge in [-0.25, -0.2) is 0 Å². The highest BCUT2D eigenvalue weighted by Crippen LogP contribution is 2.48. The van der Waals surface area contributed by atoms with Crippen molar-refractivity contribution in [1.82, 2.24) is 0 Å². The van der Waals surface area contributed by atoms with E-state index in [-0.39, 0.29) is 5.41 Å². The quantitative estimate of drug-likeness (QED) is 0.688. The second-order valence-electron chi connectivity index (χ2n) is 5.85. The molecular formula is C19H22. The Bertz CT molecular complexity index is 473. The van der Waals surface area contributed by atoms with Gasteiger partial charge < -0.3 is 0 Å². The molecule has 1 fully saturated rings. The van der Waals surface area contributed by atoms with Crippen molar-refractivity contribution < 1.29 is 0 Å². The molecule has 1 aliphatic carbocycles. The van der Waals surface area contributed by atoms with Gasteiger partial charge in [0.05, 0.1) is 0 Å². The van der Waals surface area contributed by atoms with Gasteiger partial charge in [-0.3, -0.25) is 0 Å². The molecule has 0 heteroatoms. The molecule has 1 aliphatic rings. The van der Waals surface area contributed by atoms with E-state index in [1.165, 1.54) is 36.8 Å². The van der Waals surface area contributed by atoms with E-state index in [1.54, 1.807) is 0 Å². The normalized spacial score (nSPS) is 22.1. The van der Waals surface area contributed by atoms with E-state index < -0.39 is 0 Å². The molecule has 0 radical (unpaired) electrons. The Kier molecular flexibility index (Phi) is 3.42. The molecular weight excluding hydrogens is 228 g/mol. The predicted molar refractivity (Wildman–Crippen MR) is 81.3 cm³/mol. The van der Waals surface area contributed by atoms with Crippen molar-refractivity contribution in [2.75, 3.05) is 0 Å². The molecule has 2 aromatic rings. The minimum Gasteiger partial charge on any atom is -0.0622 e. The third-order valence-corrected chi connectivity index (χ3v) is 4.88. The highest BCUT2D eigenvalue weighted by molar-refractivity contribution is 5.40. The van der Waals surface area contributed by atoms with Crippen molar-refractivity contribution in [3.63, 3.8) is 0 Å². The summed E-state index contributed by atoms with van der Waals surface area (Å²) >= 11 is 0. The van der Waals surface area contributed by atoms with E-state index in [9.17, 15) is 0 Å². The van der Waals surface area contributed by atoms with E-state index in [0.717, 1.165) is 0 Å². The van der Waals surface area contributed by atoms with E-state index in [2.05, 4.69) is 67.6 Å². The molecule has 19 heavy (non-hydrogen) atoms. The predicted octanol–water partition coefficient (Wildman–Crippen LogP) is 5.18. The summed E-state index contributed by atoms with van der Waals surface area (Å²) in [4.78, 5) is 0. The van der Waals surface area contributed by atoms with Crippen LogP contribution in [0.1, 0.15) is 43.7 Å². The fourth-order valence-electron chi connectivity index (χ4n) is 3.84. The monoisotopic (exact) mass is 250 g/mol. The second-order valence-corrected chi connectivity index (χ2v) is 5.85. The first-order chi connectivity index (χ1) is 9.34. The number of benzene rings is 2. The van der Waals surface area contributed by atoms with E-state index in [0.29, 0.717) is 5.92 Å². The zero-order chi connectivity index (χ0) is 13.1. The summed E-state index contributed by atoms with van der Waals surface area (Å²) in [5.74, 6) is 0.714. The van der Waals surface area contributed by atoms with Crippen LogP contribution in [0, 0.1) is 5.92 Å². The molecule has 0 aromatic heterocycles. The molecule has 2 aromatic carbocycles. The molecule has 0 nitrogen and oxygen atoms in total. The average Bonchev–Trinajstić information content (AvgIpc) is 2.50. The first-order valence-corrected chi connectivity index (χ1v) is 7.45. The Morgan fingerprint density at radius 2 is 1.32 bits per heavy atom. The van der Waals surface area contributed by atoms with Gasteiger partial charge in [0, 0.05) is 5.41 Å². The minimum absolute atomic E-state index is 0.223. The van der Waals surface area contributed by atoms with Crippen LogP contribution in [-0.2, 0) is 5.41 Å². The Balaban J connectivity index is 2.16. The van der Waals surface area contributed by atoms with E-state index in [4.69, 9.17) is 0 Å². The lowest BCUT2D eigenvalue weighted by atomic mass is 9.60. The first-order valence-electron chi connectivity index (χ1n) is 7.45. The van der Waals surface area contributed by atoms with Crippen LogP contribution in [0.2, 0.25) is 0 Å². The summed E-state index contributed by atoms with van der Waals surface area (Å²) in [6, 6.07) is 22.2. The molecule has 0 bridgehead atoms. The van der Waals surface area contributed by atoms with Crippen LogP contribution >= 0.6 is 0 Å². The Morgan fingerprint density at radius 1 is 0.789 bits per heavy atom. The molecule has 0 spiro atoms. The van der Waals surface area contributed by atoms with Crippen molar-refractivity contribution in [1.29, 1.82) is 0 Å². The molecule has 0 aliphatic heterocycles. The van der Waals surface area contributed by atoms with Gasteiger partial charge >= 0.3 is 0 Å². The summed E-state index contributed by atoms with van der Waals surface area (Å²) in [6.45, 7) is 2.43. The standard InChI is InChI=1S/C19H22/c1-16-10-8-9-15-19(16,17-11-4-2-5-12-17)18-13-6-3-7-14-18/h2-7,11-14,16H,8-10,15H2,1H3. The largest absolute Gasteiger partial charge is 0.0622 e. The number of hydrogen-bond donors (Lipinski definition) is 0. The van der Waals surface area contributed by atoms with Crippen molar-refractivity contribution in [3.05, 3.63) is 71.8 Å². The van der Waals surface area contributed by atoms with Gasteiger partial charge in [-0.15, -0.1) is 0 Å². The van der Waals surface area contributed by atoms with Crippen molar-refractivity contribution >= 4 is 0 Å². The molecule has 3 rings (SSSR count). The maximum absolute atomic E-state index is 2.43. The lowest BCUT2D eigenvalue weighted by molar-refractivity contribution is 0.244. The minimum atomic E-state index is 0.223. The smallest absolute Gasteiger partial charge is 0.0228 e. The van der Waals surface area contributed by atoms with Gasteiger partial charge in [-0.05, 0) is 29.9 Å². The van der Waals surface area contributed by atoms with Crippen LogP contribution in [0.25, 0.3) is 0 Å². The number of rotatable bonds is 2. The van der Waals surface area contributed by atoms with Gasteiger partial charge in [0.25, 0.3) is 0 Å². The summed E-state index contributed by atoms with van der Waals surface area (Å²) in [5.41, 5.74) is 3.21. The third kappa shape index (κ3) is 2.10. The Hall–Kier alpha value is -1.56. The average molecular weight is 250 g/mol. The lowest BCUT2D eigenvalue weighted by Gasteiger charge is -2.44. The van der Waals surface area contributed by atoms with Gasteiger partial charge in [0.15, 0.2) is 0 Å².